The van der Waals surface area contributed by atoms with Gasteiger partial charge < -0.3 is 0 Å². The van der Waals surface area contributed by atoms with Gasteiger partial charge in [-0.1, -0.05) is 72.5 Å². The van der Waals surface area contributed by atoms with Crippen LogP contribution in [0.1, 0.15) is 50.2 Å². The van der Waals surface area contributed by atoms with Gasteiger partial charge in [0.2, 0.25) is 4.96 Å². The molecule has 3 rings (SSSR count). The maximum absolute atomic E-state index is 4.85. The second kappa shape index (κ2) is 7.58. The summed E-state index contributed by atoms with van der Waals surface area (Å²) < 4.78 is 3.14. The molecular weight excluding hydrogens is 370 g/mol. The number of imidazole rings is 1. The summed E-state index contributed by atoms with van der Waals surface area (Å²) in [4.78, 5) is 5.87. The van der Waals surface area contributed by atoms with E-state index in [0.717, 1.165) is 33.5 Å². The highest BCUT2D eigenvalue weighted by molar-refractivity contribution is 9.10. The minimum Gasteiger partial charge on any atom is -0.217 e. The fourth-order valence-electron chi connectivity index (χ4n) is 2.79. The monoisotopic (exact) mass is 391 g/mol. The first-order valence-electron chi connectivity index (χ1n) is 8.36. The van der Waals surface area contributed by atoms with Crippen molar-refractivity contribution in [1.82, 2.24) is 14.6 Å². The summed E-state index contributed by atoms with van der Waals surface area (Å²) in [5.41, 5.74) is 3.43. The molecule has 0 spiro atoms. The summed E-state index contributed by atoms with van der Waals surface area (Å²) in [6.07, 6.45) is 7.12. The normalized spacial score (nSPS) is 11.4. The molecule has 2 heterocycles. The van der Waals surface area contributed by atoms with Crippen LogP contribution in [0.4, 0.5) is 0 Å². The first-order chi connectivity index (χ1) is 11.2. The molecule has 0 saturated carbocycles. The van der Waals surface area contributed by atoms with Gasteiger partial charge in [-0.15, -0.1) is 0 Å². The van der Waals surface area contributed by atoms with Crippen LogP contribution in [-0.2, 0) is 12.8 Å². The van der Waals surface area contributed by atoms with E-state index in [1.54, 1.807) is 11.3 Å². The minimum atomic E-state index is 0.936. The standard InChI is InChI=1S/C18H22BrN3S/c1-3-5-6-7-8-16-21-22-15(4-2)17(20-18(22)23-16)13-9-11-14(19)12-10-13/h9-12H,3-8H2,1-2H3. The van der Waals surface area contributed by atoms with Gasteiger partial charge in [0.15, 0.2) is 0 Å². The predicted molar refractivity (Wildman–Crippen MR) is 101 cm³/mol. The number of benzene rings is 1. The molecule has 3 nitrogen and oxygen atoms in total. The fraction of sp³-hybridized carbons (Fsp3) is 0.444. The zero-order valence-corrected chi connectivity index (χ0v) is 16.1. The van der Waals surface area contributed by atoms with Crippen molar-refractivity contribution in [1.29, 1.82) is 0 Å². The maximum Gasteiger partial charge on any atom is 0.212 e. The number of unbranched alkanes of at least 4 members (excludes halogenated alkanes) is 3. The van der Waals surface area contributed by atoms with E-state index in [1.807, 2.05) is 0 Å². The molecule has 122 valence electrons. The molecule has 5 heteroatoms. The van der Waals surface area contributed by atoms with Gasteiger partial charge in [0, 0.05) is 16.5 Å². The van der Waals surface area contributed by atoms with Gasteiger partial charge in [-0.3, -0.25) is 0 Å². The second-order valence-corrected chi connectivity index (χ2v) is 7.72. The first-order valence-corrected chi connectivity index (χ1v) is 9.97. The highest BCUT2D eigenvalue weighted by atomic mass is 79.9. The Morgan fingerprint density at radius 1 is 1.09 bits per heavy atom. The number of rotatable bonds is 7. The maximum atomic E-state index is 4.85. The van der Waals surface area contributed by atoms with Crippen molar-refractivity contribution in [2.75, 3.05) is 0 Å². The summed E-state index contributed by atoms with van der Waals surface area (Å²) in [7, 11) is 0. The van der Waals surface area contributed by atoms with E-state index in [4.69, 9.17) is 10.1 Å². The van der Waals surface area contributed by atoms with Crippen molar-refractivity contribution in [2.45, 2.75) is 52.4 Å². The highest BCUT2D eigenvalue weighted by Crippen LogP contribution is 2.28. The van der Waals surface area contributed by atoms with Gasteiger partial charge in [0.05, 0.1) is 11.4 Å². The lowest BCUT2D eigenvalue weighted by Gasteiger charge is -2.01. The SMILES string of the molecule is CCCCCCc1nn2c(CC)c(-c3ccc(Br)cc3)nc2s1. The molecule has 3 aromatic rings. The average Bonchev–Trinajstić information content (AvgIpc) is 3.09. The van der Waals surface area contributed by atoms with Crippen molar-refractivity contribution < 1.29 is 0 Å². The van der Waals surface area contributed by atoms with Crippen LogP contribution in [-0.4, -0.2) is 14.6 Å². The Bertz CT molecular complexity index is 774. The number of fused-ring (bicyclic) bond motifs is 1. The molecule has 0 aliphatic rings. The molecule has 0 amide bonds. The van der Waals surface area contributed by atoms with Crippen molar-refractivity contribution in [3.05, 3.63) is 39.4 Å². The molecule has 0 atom stereocenters. The molecule has 0 N–H and O–H groups in total. The largest absolute Gasteiger partial charge is 0.217 e. The summed E-state index contributed by atoms with van der Waals surface area (Å²) in [5.74, 6) is 0. The summed E-state index contributed by atoms with van der Waals surface area (Å²) in [5, 5.41) is 6.02. The molecule has 0 unspecified atom stereocenters. The topological polar surface area (TPSA) is 30.2 Å². The van der Waals surface area contributed by atoms with Gasteiger partial charge in [-0.2, -0.15) is 5.10 Å². The lowest BCUT2D eigenvalue weighted by Crippen LogP contribution is -1.95. The number of hydrogen-bond acceptors (Lipinski definition) is 3. The predicted octanol–water partition coefficient (Wildman–Crippen LogP) is 5.91. The van der Waals surface area contributed by atoms with E-state index in [0.29, 0.717) is 0 Å². The van der Waals surface area contributed by atoms with E-state index < -0.39 is 0 Å². The number of aryl methyl sites for hydroxylation is 2. The summed E-state index contributed by atoms with van der Waals surface area (Å²) >= 11 is 5.22. The van der Waals surface area contributed by atoms with Crippen LogP contribution in [0.25, 0.3) is 16.2 Å². The van der Waals surface area contributed by atoms with Crippen molar-refractivity contribution in [3.8, 4) is 11.3 Å². The zero-order chi connectivity index (χ0) is 16.2. The molecule has 2 aromatic heterocycles. The molecule has 0 saturated heterocycles. The third-order valence-electron chi connectivity index (χ3n) is 4.04. The van der Waals surface area contributed by atoms with Gasteiger partial charge in [-0.25, -0.2) is 9.50 Å². The van der Waals surface area contributed by atoms with Gasteiger partial charge >= 0.3 is 0 Å². The number of nitrogens with zero attached hydrogens (tertiary/aromatic N) is 3. The van der Waals surface area contributed by atoms with Crippen molar-refractivity contribution in [3.63, 3.8) is 0 Å². The molecule has 1 aromatic carbocycles. The van der Waals surface area contributed by atoms with Gasteiger partial charge in [0.25, 0.3) is 0 Å². The number of halogens is 1. The molecule has 0 radical (unpaired) electrons. The van der Waals surface area contributed by atoms with Gasteiger partial charge in [0.1, 0.15) is 5.01 Å². The fourth-order valence-corrected chi connectivity index (χ4v) is 4.01. The van der Waals surface area contributed by atoms with Crippen LogP contribution in [0, 0.1) is 0 Å². The summed E-state index contributed by atoms with van der Waals surface area (Å²) in [6.45, 7) is 4.42. The highest BCUT2D eigenvalue weighted by Gasteiger charge is 2.16. The molecule has 23 heavy (non-hydrogen) atoms. The number of hydrogen-bond donors (Lipinski definition) is 0. The van der Waals surface area contributed by atoms with Crippen LogP contribution >= 0.6 is 27.3 Å². The molecular formula is C18H22BrN3S. The lowest BCUT2D eigenvalue weighted by atomic mass is 10.1. The zero-order valence-electron chi connectivity index (χ0n) is 13.7. The summed E-state index contributed by atoms with van der Waals surface area (Å²) in [6, 6.07) is 8.35. The lowest BCUT2D eigenvalue weighted by molar-refractivity contribution is 0.660. The van der Waals surface area contributed by atoms with E-state index in [2.05, 4.69) is 58.6 Å². The Morgan fingerprint density at radius 2 is 1.87 bits per heavy atom. The average molecular weight is 392 g/mol. The van der Waals surface area contributed by atoms with Crippen LogP contribution in [0.15, 0.2) is 28.7 Å². The minimum absolute atomic E-state index is 0.936. The van der Waals surface area contributed by atoms with E-state index in [1.165, 1.54) is 36.4 Å². The van der Waals surface area contributed by atoms with E-state index in [-0.39, 0.29) is 0 Å². The third-order valence-corrected chi connectivity index (χ3v) is 5.53. The third kappa shape index (κ3) is 3.66. The molecule has 0 aliphatic heterocycles. The quantitative estimate of drug-likeness (QED) is 0.468. The van der Waals surface area contributed by atoms with Crippen molar-refractivity contribution >= 4 is 32.2 Å². The Labute approximate surface area is 149 Å². The Morgan fingerprint density at radius 3 is 2.57 bits per heavy atom. The molecule has 0 aliphatic carbocycles. The first kappa shape index (κ1) is 16.7. The van der Waals surface area contributed by atoms with Crippen LogP contribution in [0.5, 0.6) is 0 Å². The van der Waals surface area contributed by atoms with Crippen LogP contribution in [0.2, 0.25) is 0 Å². The van der Waals surface area contributed by atoms with Crippen molar-refractivity contribution in [2.24, 2.45) is 0 Å². The Hall–Kier alpha value is -1.20. The van der Waals surface area contributed by atoms with Gasteiger partial charge in [-0.05, 0) is 25.0 Å². The second-order valence-electron chi connectivity index (χ2n) is 5.77. The molecule has 0 bridgehead atoms. The smallest absolute Gasteiger partial charge is 0.212 e. The van der Waals surface area contributed by atoms with Crippen LogP contribution < -0.4 is 0 Å². The Kier molecular flexibility index (Phi) is 5.49. The van der Waals surface area contributed by atoms with Crippen LogP contribution in [0.3, 0.4) is 0 Å². The van der Waals surface area contributed by atoms with E-state index >= 15 is 0 Å². The Balaban J connectivity index is 1.87. The number of aromatic nitrogens is 3. The molecule has 0 fully saturated rings. The van der Waals surface area contributed by atoms with E-state index in [9.17, 15) is 0 Å².